The molecule has 0 saturated heterocycles. The summed E-state index contributed by atoms with van der Waals surface area (Å²) in [6.45, 7) is 2.00. The first-order valence-corrected chi connectivity index (χ1v) is 7.87. The maximum Gasteiger partial charge on any atom is 0.147 e. The van der Waals surface area contributed by atoms with Crippen molar-refractivity contribution in [1.82, 2.24) is 14.2 Å². The number of para-hydroxylation sites is 3. The number of thiocarbonyl (C=S) groups is 1. The van der Waals surface area contributed by atoms with Crippen molar-refractivity contribution in [1.29, 1.82) is 0 Å². The molecule has 0 radical (unpaired) electrons. The number of aryl methyl sites for hydroxylation is 2. The van der Waals surface area contributed by atoms with Gasteiger partial charge in [0, 0.05) is 12.7 Å². The van der Waals surface area contributed by atoms with Gasteiger partial charge in [0.15, 0.2) is 0 Å². The summed E-state index contributed by atoms with van der Waals surface area (Å²) in [5, 5.41) is 8.01. The third kappa shape index (κ3) is 2.12. The highest BCUT2D eigenvalue weighted by atomic mass is 32.1. The van der Waals surface area contributed by atoms with Crippen LogP contribution in [-0.4, -0.2) is 19.2 Å². The summed E-state index contributed by atoms with van der Waals surface area (Å²) in [5.74, 6) is 0. The van der Waals surface area contributed by atoms with Crippen molar-refractivity contribution in [2.75, 3.05) is 5.32 Å². The van der Waals surface area contributed by atoms with Gasteiger partial charge in [0.05, 0.1) is 22.3 Å². The maximum atomic E-state index is 5.66. The van der Waals surface area contributed by atoms with E-state index in [0.29, 0.717) is 4.99 Å². The molecule has 4 rings (SSSR count). The fourth-order valence-electron chi connectivity index (χ4n) is 3.01. The Balaban J connectivity index is 1.89. The number of rotatable bonds is 2. The van der Waals surface area contributed by atoms with E-state index in [1.165, 1.54) is 0 Å². The van der Waals surface area contributed by atoms with Crippen LogP contribution >= 0.6 is 12.2 Å². The van der Waals surface area contributed by atoms with Gasteiger partial charge in [0.1, 0.15) is 10.6 Å². The minimum absolute atomic E-state index is 0.689. The van der Waals surface area contributed by atoms with Gasteiger partial charge in [0.25, 0.3) is 0 Å². The molecule has 5 heteroatoms. The van der Waals surface area contributed by atoms with Crippen LogP contribution < -0.4 is 5.32 Å². The second-order valence-corrected chi connectivity index (χ2v) is 5.97. The van der Waals surface area contributed by atoms with E-state index in [0.717, 1.165) is 33.6 Å². The molecule has 2 heterocycles. The zero-order valence-corrected chi connectivity index (χ0v) is 13.8. The van der Waals surface area contributed by atoms with Gasteiger partial charge < -0.3 is 9.88 Å². The maximum absolute atomic E-state index is 5.66. The van der Waals surface area contributed by atoms with Crippen LogP contribution in [0, 0.1) is 6.92 Å². The van der Waals surface area contributed by atoms with Crippen LogP contribution in [0.25, 0.3) is 16.7 Å². The highest BCUT2D eigenvalue weighted by Gasteiger charge is 2.19. The zero-order chi connectivity index (χ0) is 16.0. The lowest BCUT2D eigenvalue weighted by Crippen LogP contribution is -2.12. The fraction of sp³-hybridized carbons (Fsp3) is 0.111. The summed E-state index contributed by atoms with van der Waals surface area (Å²) in [7, 11) is 2.05. The Bertz CT molecular complexity index is 1030. The lowest BCUT2D eigenvalue weighted by atomic mass is 10.2. The Morgan fingerprint density at radius 1 is 1.00 bits per heavy atom. The van der Waals surface area contributed by atoms with Gasteiger partial charge in [-0.05, 0) is 31.2 Å². The lowest BCUT2D eigenvalue weighted by Gasteiger charge is -2.08. The predicted octanol–water partition coefficient (Wildman–Crippen LogP) is 3.92. The molecule has 0 spiro atoms. The van der Waals surface area contributed by atoms with Gasteiger partial charge in [-0.25, -0.2) is 4.52 Å². The molecule has 0 saturated carbocycles. The molecule has 0 bridgehead atoms. The number of fused-ring (bicyclic) bond motifs is 3. The van der Waals surface area contributed by atoms with Crippen LogP contribution in [0.1, 0.15) is 11.3 Å². The van der Waals surface area contributed by atoms with Crippen LogP contribution in [0.15, 0.2) is 54.6 Å². The Hall–Kier alpha value is -2.66. The third-order valence-corrected chi connectivity index (χ3v) is 4.39. The number of nitrogens with one attached hydrogen (secondary N) is 1. The van der Waals surface area contributed by atoms with Crippen molar-refractivity contribution in [2.45, 2.75) is 6.92 Å². The van der Waals surface area contributed by atoms with E-state index < -0.39 is 0 Å². The minimum Gasteiger partial charge on any atom is -0.346 e. The normalized spacial score (nSPS) is 11.2. The monoisotopic (exact) mass is 320 g/mol. The van der Waals surface area contributed by atoms with Gasteiger partial charge in [-0.1, -0.05) is 42.5 Å². The number of anilines is 1. The average molecular weight is 320 g/mol. The van der Waals surface area contributed by atoms with Gasteiger partial charge in [0.2, 0.25) is 0 Å². The summed E-state index contributed by atoms with van der Waals surface area (Å²) in [6, 6.07) is 18.2. The molecule has 114 valence electrons. The van der Waals surface area contributed by atoms with Crippen molar-refractivity contribution < 1.29 is 0 Å². The number of aromatic nitrogens is 3. The van der Waals surface area contributed by atoms with Crippen LogP contribution in [0.2, 0.25) is 0 Å². The van der Waals surface area contributed by atoms with Gasteiger partial charge in [-0.2, -0.15) is 5.10 Å². The molecule has 0 atom stereocenters. The van der Waals surface area contributed by atoms with Crippen molar-refractivity contribution in [3.8, 4) is 0 Å². The molecular formula is C18H16N4S. The molecule has 1 N–H and O–H groups in total. The van der Waals surface area contributed by atoms with Crippen LogP contribution in [0.5, 0.6) is 0 Å². The van der Waals surface area contributed by atoms with E-state index in [4.69, 9.17) is 17.3 Å². The summed E-state index contributed by atoms with van der Waals surface area (Å²) in [6.07, 6.45) is 0. The highest BCUT2D eigenvalue weighted by molar-refractivity contribution is 7.81. The van der Waals surface area contributed by atoms with Crippen molar-refractivity contribution >= 4 is 39.6 Å². The SMILES string of the molecule is Cc1nn2c3ccccc3n(C)c2c1C(=S)Nc1ccccc1. The first kappa shape index (κ1) is 14.0. The van der Waals surface area contributed by atoms with Crippen molar-refractivity contribution in [2.24, 2.45) is 7.05 Å². The highest BCUT2D eigenvalue weighted by Crippen LogP contribution is 2.25. The number of benzene rings is 2. The predicted molar refractivity (Wildman–Crippen MR) is 98.2 cm³/mol. The van der Waals surface area contributed by atoms with Crippen LogP contribution in [0.3, 0.4) is 0 Å². The number of hydrogen-bond acceptors (Lipinski definition) is 2. The lowest BCUT2D eigenvalue weighted by molar-refractivity contribution is 0.937. The summed E-state index contributed by atoms with van der Waals surface area (Å²) < 4.78 is 4.11. The Kier molecular flexibility index (Phi) is 3.16. The number of hydrogen-bond donors (Lipinski definition) is 1. The smallest absolute Gasteiger partial charge is 0.147 e. The molecule has 0 unspecified atom stereocenters. The molecule has 0 aliphatic carbocycles. The molecule has 0 aliphatic heterocycles. The van der Waals surface area contributed by atoms with E-state index in [9.17, 15) is 0 Å². The standard InChI is InChI=1S/C18H16N4S/c1-12-16(17(23)19-13-8-4-3-5-9-13)18-21(2)14-10-6-7-11-15(14)22(18)20-12/h3-11H,1-2H3,(H,19,23). The summed E-state index contributed by atoms with van der Waals surface area (Å²) in [4.78, 5) is 0.689. The molecule has 23 heavy (non-hydrogen) atoms. The van der Waals surface area contributed by atoms with Gasteiger partial charge in [-0.15, -0.1) is 0 Å². The quantitative estimate of drug-likeness (QED) is 0.568. The van der Waals surface area contributed by atoms with Gasteiger partial charge in [-0.3, -0.25) is 0 Å². The molecule has 2 aromatic heterocycles. The average Bonchev–Trinajstić information content (AvgIpc) is 3.04. The van der Waals surface area contributed by atoms with Crippen molar-refractivity contribution in [3.05, 3.63) is 65.9 Å². The zero-order valence-electron chi connectivity index (χ0n) is 12.9. The molecular weight excluding hydrogens is 304 g/mol. The summed E-state index contributed by atoms with van der Waals surface area (Å²) >= 11 is 5.66. The van der Waals surface area contributed by atoms with E-state index in [1.54, 1.807) is 0 Å². The first-order chi connectivity index (χ1) is 11.2. The second kappa shape index (κ2) is 5.21. The summed E-state index contributed by atoms with van der Waals surface area (Å²) in [5.41, 5.74) is 6.12. The van der Waals surface area contributed by atoms with Crippen LogP contribution in [0.4, 0.5) is 5.69 Å². The largest absolute Gasteiger partial charge is 0.346 e. The van der Waals surface area contributed by atoms with E-state index in [1.807, 2.05) is 61.0 Å². The number of imidazole rings is 1. The molecule has 2 aromatic carbocycles. The first-order valence-electron chi connectivity index (χ1n) is 7.46. The molecule has 0 fully saturated rings. The Morgan fingerprint density at radius 3 is 2.39 bits per heavy atom. The van der Waals surface area contributed by atoms with Gasteiger partial charge >= 0.3 is 0 Å². The minimum atomic E-state index is 0.689. The molecule has 4 nitrogen and oxygen atoms in total. The topological polar surface area (TPSA) is 34.3 Å². The van der Waals surface area contributed by atoms with E-state index in [2.05, 4.69) is 22.0 Å². The third-order valence-electron chi connectivity index (χ3n) is 4.08. The molecule has 4 aromatic rings. The van der Waals surface area contributed by atoms with E-state index in [-0.39, 0.29) is 0 Å². The van der Waals surface area contributed by atoms with Crippen LogP contribution in [-0.2, 0) is 7.05 Å². The second-order valence-electron chi connectivity index (χ2n) is 5.56. The molecule has 0 amide bonds. The molecule has 0 aliphatic rings. The Labute approximate surface area is 139 Å². The van der Waals surface area contributed by atoms with Crippen molar-refractivity contribution in [3.63, 3.8) is 0 Å². The number of nitrogens with zero attached hydrogens (tertiary/aromatic N) is 3. The Morgan fingerprint density at radius 2 is 1.65 bits per heavy atom. The fourth-order valence-corrected chi connectivity index (χ4v) is 3.37. The van der Waals surface area contributed by atoms with E-state index >= 15 is 0 Å².